The first-order valence-corrected chi connectivity index (χ1v) is 22.2. The van der Waals surface area contributed by atoms with Gasteiger partial charge in [0.25, 0.3) is 0 Å². The maximum absolute atomic E-state index is 11.3. The molecular formula is C45H62N22O4. The van der Waals surface area contributed by atoms with E-state index in [1.165, 1.54) is 17.5 Å². The molecule has 0 saturated heterocycles. The Morgan fingerprint density at radius 2 is 1.27 bits per heavy atom. The summed E-state index contributed by atoms with van der Waals surface area (Å²) in [6.45, 7) is 14.8. The third-order valence-corrected chi connectivity index (χ3v) is 9.65. The zero-order chi connectivity index (χ0) is 51.7. The summed E-state index contributed by atoms with van der Waals surface area (Å²) in [7, 11) is 3.58. The number of H-pyrrole nitrogens is 7. The van der Waals surface area contributed by atoms with Crippen LogP contribution in [0.4, 0.5) is 0 Å². The molecule has 11 rings (SSSR count). The predicted octanol–water partition coefficient (Wildman–Crippen LogP) is 3.82. The standard InChI is InChI=1S/C9H9N3O.C8H8N4O.C8H13N3O.C5H8N2.C4H7N3O.2C4H6N2.C3H5N3/c1-7-10-9(13)11-12(7)8-5-3-2-4-6-8;1-6-10-8(13)11-12(6)7-4-2-3-5-9-7;1-6-9-8(12)11(10-6)7-4-2-3-5-7;1-5-6-3-4-7(5)2;1-3-5-4(8)7(2)6-3;1-4-2-5-3-6-4;1-4-5-2-3-6-4;1-3-2-4-6-5-3/h2-6H,1H3,(H,11,13);2-5H,1H3,(H,11,13);7H,2-5H2,1H3,(H,9,10,12);3-4H,1-2H3;1-2H3,(H,5,6,8);2*2-3H,1H3,(H,5,6);2H,1H3,(H,4,5,6). The molecule has 1 aromatic carbocycles. The van der Waals surface area contributed by atoms with E-state index in [0.717, 1.165) is 41.6 Å². The van der Waals surface area contributed by atoms with E-state index in [9.17, 15) is 19.2 Å². The van der Waals surface area contributed by atoms with Crippen LogP contribution in [0, 0.1) is 55.4 Å². The fraction of sp³-hybridized carbons (Fsp3) is 0.333. The molecule has 1 aliphatic carbocycles. The molecule has 71 heavy (non-hydrogen) atoms. The molecule has 0 radical (unpaired) electrons. The second-order valence-corrected chi connectivity index (χ2v) is 15.5. The Bertz CT molecular complexity index is 3010. The highest BCUT2D eigenvalue weighted by molar-refractivity contribution is 5.30. The predicted molar refractivity (Wildman–Crippen MR) is 265 cm³/mol. The van der Waals surface area contributed by atoms with E-state index in [1.54, 1.807) is 91.4 Å². The highest BCUT2D eigenvalue weighted by atomic mass is 16.2. The van der Waals surface area contributed by atoms with Crippen LogP contribution in [-0.2, 0) is 14.1 Å². The van der Waals surface area contributed by atoms with Crippen LogP contribution in [-0.4, -0.2) is 109 Å². The molecule has 0 spiro atoms. The van der Waals surface area contributed by atoms with Crippen LogP contribution in [0.25, 0.3) is 11.5 Å². The van der Waals surface area contributed by atoms with Crippen LogP contribution in [0.5, 0.6) is 0 Å². The lowest BCUT2D eigenvalue weighted by Gasteiger charge is -2.05. The van der Waals surface area contributed by atoms with Gasteiger partial charge in [0.15, 0.2) is 5.82 Å². The van der Waals surface area contributed by atoms with Gasteiger partial charge in [0.1, 0.15) is 34.9 Å². The molecule has 26 heteroatoms. The molecule has 10 aromatic rings. The normalized spacial score (nSPS) is 11.2. The number of pyridine rings is 1. The molecule has 0 bridgehead atoms. The summed E-state index contributed by atoms with van der Waals surface area (Å²) < 4.78 is 8.03. The number of imidazole rings is 3. The van der Waals surface area contributed by atoms with Crippen molar-refractivity contribution in [2.24, 2.45) is 14.1 Å². The Hall–Kier alpha value is -9.10. The lowest BCUT2D eigenvalue weighted by atomic mass is 10.3. The van der Waals surface area contributed by atoms with Gasteiger partial charge in [-0.25, -0.2) is 68.0 Å². The number of aromatic amines is 7. The topological polar surface area (TPSA) is 332 Å². The van der Waals surface area contributed by atoms with Gasteiger partial charge in [-0.15, -0.1) is 0 Å². The Labute approximate surface area is 407 Å². The van der Waals surface area contributed by atoms with Crippen molar-refractivity contribution in [3.05, 3.63) is 187 Å². The van der Waals surface area contributed by atoms with E-state index >= 15 is 0 Å². The van der Waals surface area contributed by atoms with Crippen molar-refractivity contribution in [1.82, 2.24) is 109 Å². The monoisotopic (exact) mass is 975 g/mol. The Kier molecular flexibility index (Phi) is 21.7. The number of para-hydroxylation sites is 1. The van der Waals surface area contributed by atoms with Crippen LogP contribution < -0.4 is 22.8 Å². The molecule has 9 aromatic heterocycles. The number of rotatable bonds is 3. The SMILES string of the molecule is Cc1cn[nH]n1.Cc1cnc[nH]1.Cc1nc(=O)[nH]n1-c1ccccc1.Cc1nc(=O)[nH]n1-c1ccccn1.Cc1ncc[nH]1.Cc1nccn1C.Cc1nn(C)c(=O)[nH]1.Cc1nn(C2CCCC2)c(=O)[nH]1. The zero-order valence-electron chi connectivity index (χ0n) is 41.5. The third-order valence-electron chi connectivity index (χ3n) is 9.65. The highest BCUT2D eigenvalue weighted by Crippen LogP contribution is 2.27. The number of aromatic nitrogens is 22. The summed E-state index contributed by atoms with van der Waals surface area (Å²) in [4.78, 5) is 77.6. The number of hydrogen-bond acceptors (Lipinski definition) is 14. The van der Waals surface area contributed by atoms with Gasteiger partial charge in [-0.3, -0.25) is 9.97 Å². The smallest absolute Gasteiger partial charge is 0.349 e. The van der Waals surface area contributed by atoms with Gasteiger partial charge < -0.3 is 14.5 Å². The molecule has 0 unspecified atom stereocenters. The first-order chi connectivity index (χ1) is 34.0. The van der Waals surface area contributed by atoms with Gasteiger partial charge in [0.05, 0.1) is 29.9 Å². The fourth-order valence-electron chi connectivity index (χ4n) is 6.07. The van der Waals surface area contributed by atoms with Crippen molar-refractivity contribution in [1.29, 1.82) is 0 Å². The van der Waals surface area contributed by atoms with Gasteiger partial charge in [0, 0.05) is 57.0 Å². The minimum Gasteiger partial charge on any atom is -0.349 e. The number of benzene rings is 1. The molecule has 26 nitrogen and oxygen atoms in total. The summed E-state index contributed by atoms with van der Waals surface area (Å²) in [6.07, 6.45) is 18.7. The largest absolute Gasteiger partial charge is 0.361 e. The van der Waals surface area contributed by atoms with Crippen molar-refractivity contribution < 1.29 is 0 Å². The average molecular weight is 975 g/mol. The minimum absolute atomic E-state index is 0.0561. The quantitative estimate of drug-likeness (QED) is 0.132. The Morgan fingerprint density at radius 1 is 0.620 bits per heavy atom. The molecule has 0 atom stereocenters. The summed E-state index contributed by atoms with van der Waals surface area (Å²) in [5.74, 6) is 5.31. The lowest BCUT2D eigenvalue weighted by Crippen LogP contribution is -2.21. The van der Waals surface area contributed by atoms with Crippen LogP contribution in [0.2, 0.25) is 0 Å². The van der Waals surface area contributed by atoms with Crippen LogP contribution in [0.3, 0.4) is 0 Å². The highest BCUT2D eigenvalue weighted by Gasteiger charge is 2.19. The molecule has 1 aliphatic rings. The van der Waals surface area contributed by atoms with Crippen molar-refractivity contribution in [2.75, 3.05) is 0 Å². The van der Waals surface area contributed by atoms with Gasteiger partial charge in [-0.1, -0.05) is 37.1 Å². The van der Waals surface area contributed by atoms with Gasteiger partial charge in [0.2, 0.25) is 0 Å². The molecule has 9 heterocycles. The van der Waals surface area contributed by atoms with Gasteiger partial charge >= 0.3 is 22.8 Å². The molecule has 7 N–H and O–H groups in total. The number of nitrogens with one attached hydrogen (secondary N) is 7. The van der Waals surface area contributed by atoms with E-state index in [2.05, 4.69) is 85.6 Å². The Morgan fingerprint density at radius 3 is 1.61 bits per heavy atom. The zero-order valence-corrected chi connectivity index (χ0v) is 41.5. The first kappa shape index (κ1) is 54.5. The molecule has 0 aliphatic heterocycles. The lowest BCUT2D eigenvalue weighted by molar-refractivity contribution is 0.450. The van der Waals surface area contributed by atoms with Crippen molar-refractivity contribution in [3.63, 3.8) is 0 Å². The summed E-state index contributed by atoms with van der Waals surface area (Å²) in [5, 5.41) is 22.8. The molecule has 1 saturated carbocycles. The second kappa shape index (κ2) is 28.3. The summed E-state index contributed by atoms with van der Waals surface area (Å²) in [5.41, 5.74) is 2.05. The van der Waals surface area contributed by atoms with E-state index in [1.807, 2.05) is 94.9 Å². The number of nitrogens with zero attached hydrogens (tertiary/aromatic N) is 15. The van der Waals surface area contributed by atoms with E-state index in [-0.39, 0.29) is 22.8 Å². The van der Waals surface area contributed by atoms with Crippen molar-refractivity contribution >= 4 is 0 Å². The maximum atomic E-state index is 11.3. The first-order valence-electron chi connectivity index (χ1n) is 22.2. The van der Waals surface area contributed by atoms with Gasteiger partial charge in [-0.05, 0) is 92.5 Å². The van der Waals surface area contributed by atoms with E-state index < -0.39 is 0 Å². The van der Waals surface area contributed by atoms with Crippen LogP contribution in [0.1, 0.15) is 78.1 Å². The average Bonchev–Trinajstić information content (AvgIpc) is 4.20. The number of aryl methyl sites for hydroxylation is 10. The molecule has 0 amide bonds. The van der Waals surface area contributed by atoms with E-state index in [0.29, 0.717) is 35.2 Å². The minimum atomic E-state index is -0.358. The second-order valence-electron chi connectivity index (χ2n) is 15.5. The van der Waals surface area contributed by atoms with Crippen molar-refractivity contribution in [2.45, 2.75) is 87.1 Å². The Balaban J connectivity index is 0.000000180. The van der Waals surface area contributed by atoms with E-state index in [4.69, 9.17) is 0 Å². The van der Waals surface area contributed by atoms with Crippen LogP contribution >= 0.6 is 0 Å². The summed E-state index contributed by atoms with van der Waals surface area (Å²) >= 11 is 0. The molecule has 376 valence electrons. The van der Waals surface area contributed by atoms with Gasteiger partial charge in [-0.2, -0.15) is 35.6 Å². The van der Waals surface area contributed by atoms with Crippen LogP contribution in [0.15, 0.2) is 117 Å². The maximum Gasteiger partial charge on any atom is 0.361 e. The number of hydrogen-bond donors (Lipinski definition) is 7. The van der Waals surface area contributed by atoms with Crippen molar-refractivity contribution in [3.8, 4) is 11.5 Å². The molecule has 1 fully saturated rings. The summed E-state index contributed by atoms with van der Waals surface area (Å²) in [6, 6.07) is 15.4. The molecular weight excluding hydrogens is 913 g/mol. The fourth-order valence-corrected chi connectivity index (χ4v) is 6.07. The third kappa shape index (κ3) is 19.2.